The van der Waals surface area contributed by atoms with Crippen molar-refractivity contribution < 1.29 is 5.11 Å². The molecule has 2 fully saturated rings. The average molecular weight is 365 g/mol. The average Bonchev–Trinajstić information content (AvgIpc) is 2.68. The van der Waals surface area contributed by atoms with E-state index in [9.17, 15) is 5.11 Å². The van der Waals surface area contributed by atoms with Gasteiger partial charge in [0.2, 0.25) is 0 Å². The van der Waals surface area contributed by atoms with Crippen molar-refractivity contribution in [2.24, 2.45) is 29.6 Å². The van der Waals surface area contributed by atoms with Crippen LogP contribution in [-0.2, 0) is 0 Å². The van der Waals surface area contributed by atoms with E-state index in [4.69, 9.17) is 0 Å². The Bertz CT molecular complexity index is 323. The normalized spacial score (nSPS) is 31.0. The Kier molecular flexibility index (Phi) is 11.3. The number of unbranched alkanes of at least 4 members (excludes halogenated alkanes) is 4. The molecule has 0 bridgehead atoms. The van der Waals surface area contributed by atoms with E-state index in [-0.39, 0.29) is 0 Å². The molecule has 1 nitrogen and oxygen atoms in total. The fraction of sp³-hybridized carbons (Fsp3) is 1.00. The minimum absolute atomic E-state index is 0.414. The molecule has 0 amide bonds. The van der Waals surface area contributed by atoms with Crippen LogP contribution in [0.5, 0.6) is 0 Å². The molecule has 2 aliphatic carbocycles. The van der Waals surface area contributed by atoms with E-state index in [1.807, 2.05) is 0 Å². The van der Waals surface area contributed by atoms with Gasteiger partial charge in [-0.2, -0.15) is 0 Å². The second-order valence-corrected chi connectivity index (χ2v) is 9.73. The van der Waals surface area contributed by atoms with Crippen LogP contribution in [0.4, 0.5) is 0 Å². The minimum Gasteiger partial charge on any atom is -0.396 e. The lowest BCUT2D eigenvalue weighted by molar-refractivity contribution is 0.0856. The fourth-order valence-corrected chi connectivity index (χ4v) is 6.26. The van der Waals surface area contributed by atoms with Gasteiger partial charge in [-0.15, -0.1) is 0 Å². The highest BCUT2D eigenvalue weighted by atomic mass is 16.3. The zero-order chi connectivity index (χ0) is 18.6. The van der Waals surface area contributed by atoms with Gasteiger partial charge in [0.1, 0.15) is 0 Å². The minimum atomic E-state index is 0.414. The molecule has 1 heteroatoms. The number of aliphatic hydroxyl groups is 1. The van der Waals surface area contributed by atoms with E-state index in [2.05, 4.69) is 13.8 Å². The van der Waals surface area contributed by atoms with Gasteiger partial charge in [-0.25, -0.2) is 0 Å². The van der Waals surface area contributed by atoms with Crippen molar-refractivity contribution in [3.63, 3.8) is 0 Å². The predicted molar refractivity (Wildman–Crippen MR) is 114 cm³/mol. The SMILES string of the molecule is CCCCCCCC1CCC(C(CCO)C2CCC(CCC)CC2)CC1. The highest BCUT2D eigenvalue weighted by Crippen LogP contribution is 2.45. The molecule has 0 saturated heterocycles. The molecule has 2 rings (SSSR count). The summed E-state index contributed by atoms with van der Waals surface area (Å²) in [4.78, 5) is 0. The number of rotatable bonds is 12. The molecule has 0 aromatic heterocycles. The Balaban J connectivity index is 1.70. The Morgan fingerprint density at radius 3 is 1.69 bits per heavy atom. The maximum Gasteiger partial charge on any atom is 0.0433 e. The molecule has 2 aliphatic rings. The van der Waals surface area contributed by atoms with Crippen LogP contribution in [0.1, 0.15) is 123 Å². The summed E-state index contributed by atoms with van der Waals surface area (Å²) in [6.45, 7) is 5.06. The van der Waals surface area contributed by atoms with Gasteiger partial charge in [0.15, 0.2) is 0 Å². The van der Waals surface area contributed by atoms with E-state index < -0.39 is 0 Å². The highest BCUT2D eigenvalue weighted by Gasteiger charge is 2.34. The van der Waals surface area contributed by atoms with Crippen molar-refractivity contribution in [2.45, 2.75) is 123 Å². The van der Waals surface area contributed by atoms with Crippen LogP contribution in [0.25, 0.3) is 0 Å². The molecule has 0 aromatic carbocycles. The number of hydrogen-bond acceptors (Lipinski definition) is 1. The van der Waals surface area contributed by atoms with Crippen molar-refractivity contribution in [3.05, 3.63) is 0 Å². The van der Waals surface area contributed by atoms with Gasteiger partial charge >= 0.3 is 0 Å². The molecule has 1 atom stereocenters. The lowest BCUT2D eigenvalue weighted by Crippen LogP contribution is -2.31. The third-order valence-corrected chi connectivity index (χ3v) is 7.87. The Morgan fingerprint density at radius 2 is 1.19 bits per heavy atom. The third-order valence-electron chi connectivity index (χ3n) is 7.87. The van der Waals surface area contributed by atoms with Gasteiger partial charge in [0, 0.05) is 6.61 Å². The standard InChI is InChI=1S/C25H48O/c1-3-5-6-7-8-10-22-13-17-24(18-14-22)25(19-20-26)23-15-11-21(9-4-2)12-16-23/h21-26H,3-20H2,1-2H3. The fourth-order valence-electron chi connectivity index (χ4n) is 6.26. The molecule has 0 heterocycles. The quantitative estimate of drug-likeness (QED) is 0.351. The van der Waals surface area contributed by atoms with Gasteiger partial charge < -0.3 is 5.11 Å². The zero-order valence-corrected chi connectivity index (χ0v) is 18.1. The van der Waals surface area contributed by atoms with E-state index in [0.717, 1.165) is 36.0 Å². The summed E-state index contributed by atoms with van der Waals surface area (Å²) < 4.78 is 0. The van der Waals surface area contributed by atoms with Gasteiger partial charge in [-0.05, 0) is 61.7 Å². The van der Waals surface area contributed by atoms with E-state index >= 15 is 0 Å². The number of aliphatic hydroxyl groups excluding tert-OH is 1. The van der Waals surface area contributed by atoms with Crippen molar-refractivity contribution in [2.75, 3.05) is 6.61 Å². The highest BCUT2D eigenvalue weighted by molar-refractivity contribution is 4.85. The molecular weight excluding hydrogens is 316 g/mol. The van der Waals surface area contributed by atoms with Gasteiger partial charge in [-0.1, -0.05) is 90.9 Å². The monoisotopic (exact) mass is 364 g/mol. The summed E-state index contributed by atoms with van der Waals surface area (Å²) in [7, 11) is 0. The van der Waals surface area contributed by atoms with Gasteiger partial charge in [0.25, 0.3) is 0 Å². The Hall–Kier alpha value is -0.0400. The lowest BCUT2D eigenvalue weighted by Gasteiger charge is -2.41. The van der Waals surface area contributed by atoms with E-state index in [1.54, 1.807) is 0 Å². The van der Waals surface area contributed by atoms with Crippen molar-refractivity contribution in [1.82, 2.24) is 0 Å². The Morgan fingerprint density at radius 1 is 0.654 bits per heavy atom. The topological polar surface area (TPSA) is 20.2 Å². The Labute approximate surface area is 164 Å². The van der Waals surface area contributed by atoms with E-state index in [1.165, 1.54) is 103 Å². The molecule has 0 aromatic rings. The van der Waals surface area contributed by atoms with Gasteiger partial charge in [-0.3, -0.25) is 0 Å². The zero-order valence-electron chi connectivity index (χ0n) is 18.1. The third kappa shape index (κ3) is 7.53. The summed E-state index contributed by atoms with van der Waals surface area (Å²) in [6.07, 6.45) is 24.2. The summed E-state index contributed by atoms with van der Waals surface area (Å²) in [5.41, 5.74) is 0. The van der Waals surface area contributed by atoms with Crippen LogP contribution >= 0.6 is 0 Å². The van der Waals surface area contributed by atoms with Crippen molar-refractivity contribution >= 4 is 0 Å². The molecule has 0 aliphatic heterocycles. The first kappa shape index (κ1) is 22.3. The molecule has 1 unspecified atom stereocenters. The van der Waals surface area contributed by atoms with Crippen LogP contribution in [0.15, 0.2) is 0 Å². The first-order valence-electron chi connectivity index (χ1n) is 12.4. The summed E-state index contributed by atoms with van der Waals surface area (Å²) in [5, 5.41) is 9.67. The van der Waals surface area contributed by atoms with Crippen LogP contribution in [0.3, 0.4) is 0 Å². The lowest BCUT2D eigenvalue weighted by atomic mass is 9.65. The van der Waals surface area contributed by atoms with Crippen molar-refractivity contribution in [1.29, 1.82) is 0 Å². The second-order valence-electron chi connectivity index (χ2n) is 9.73. The number of hydrogen-bond donors (Lipinski definition) is 1. The summed E-state index contributed by atoms with van der Waals surface area (Å²) in [5.74, 6) is 4.70. The molecular formula is C25H48O. The predicted octanol–water partition coefficient (Wildman–Crippen LogP) is 7.76. The molecule has 0 spiro atoms. The largest absolute Gasteiger partial charge is 0.396 e. The maximum absolute atomic E-state index is 9.67. The van der Waals surface area contributed by atoms with Crippen LogP contribution in [0, 0.1) is 29.6 Å². The van der Waals surface area contributed by atoms with E-state index in [0.29, 0.717) is 6.61 Å². The van der Waals surface area contributed by atoms with Crippen LogP contribution in [-0.4, -0.2) is 11.7 Å². The first-order chi connectivity index (χ1) is 12.8. The smallest absolute Gasteiger partial charge is 0.0433 e. The maximum atomic E-state index is 9.67. The van der Waals surface area contributed by atoms with Crippen LogP contribution in [0.2, 0.25) is 0 Å². The summed E-state index contributed by atoms with van der Waals surface area (Å²) in [6, 6.07) is 0. The van der Waals surface area contributed by atoms with Crippen molar-refractivity contribution in [3.8, 4) is 0 Å². The summed E-state index contributed by atoms with van der Waals surface area (Å²) >= 11 is 0. The molecule has 0 radical (unpaired) electrons. The molecule has 1 N–H and O–H groups in total. The van der Waals surface area contributed by atoms with Gasteiger partial charge in [0.05, 0.1) is 0 Å². The first-order valence-corrected chi connectivity index (χ1v) is 12.4. The molecule has 154 valence electrons. The molecule has 2 saturated carbocycles. The van der Waals surface area contributed by atoms with Crippen LogP contribution < -0.4 is 0 Å². The second kappa shape index (κ2) is 13.2. The molecule has 26 heavy (non-hydrogen) atoms.